The first kappa shape index (κ1) is 23.1. The fraction of sp³-hybridized carbons (Fsp3) is 0.385. The third-order valence-electron chi connectivity index (χ3n) is 6.27. The van der Waals surface area contributed by atoms with Gasteiger partial charge in [-0.05, 0) is 68.0 Å². The molecule has 174 valence electrons. The topological polar surface area (TPSA) is 63.0 Å². The number of furan rings is 1. The Morgan fingerprint density at radius 2 is 2.03 bits per heavy atom. The molecule has 0 saturated carbocycles. The Kier molecular flexibility index (Phi) is 7.18. The monoisotopic (exact) mass is 466 g/mol. The lowest BCUT2D eigenvalue weighted by Gasteiger charge is -2.38. The highest BCUT2D eigenvalue weighted by atomic mass is 32.1. The highest BCUT2D eigenvalue weighted by Gasteiger charge is 2.34. The molecule has 0 fully saturated rings. The molecular weight excluding hydrogens is 436 g/mol. The fourth-order valence-corrected chi connectivity index (χ4v) is 5.04. The molecule has 4 rings (SSSR count). The molecule has 1 aliphatic rings. The molecule has 3 heterocycles. The van der Waals surface area contributed by atoms with Crippen molar-refractivity contribution in [2.75, 3.05) is 19.7 Å². The second-order valence-corrected chi connectivity index (χ2v) is 9.44. The smallest absolute Gasteiger partial charge is 0.290 e. The summed E-state index contributed by atoms with van der Waals surface area (Å²) in [7, 11) is 0. The summed E-state index contributed by atoms with van der Waals surface area (Å²) in [5.41, 5.74) is 2.31. The van der Waals surface area contributed by atoms with E-state index in [1.54, 1.807) is 28.4 Å². The molecule has 33 heavy (non-hydrogen) atoms. The third-order valence-corrected chi connectivity index (χ3v) is 7.26. The molecule has 1 aliphatic heterocycles. The summed E-state index contributed by atoms with van der Waals surface area (Å²) in [5.74, 6) is 0.693. The van der Waals surface area contributed by atoms with Crippen LogP contribution in [0.5, 0.6) is 5.75 Å². The van der Waals surface area contributed by atoms with E-state index in [0.717, 1.165) is 24.2 Å². The van der Waals surface area contributed by atoms with E-state index in [0.29, 0.717) is 13.2 Å². The molecule has 0 saturated heterocycles. The Bertz CT molecular complexity index is 1070. The van der Waals surface area contributed by atoms with Crippen LogP contribution in [0.1, 0.15) is 52.9 Å². The number of nitrogens with zero attached hydrogens (tertiary/aromatic N) is 2. The van der Waals surface area contributed by atoms with Crippen LogP contribution in [0.3, 0.4) is 0 Å². The number of ether oxygens (including phenoxy) is 1. The average Bonchev–Trinajstić information content (AvgIpc) is 3.53. The number of benzene rings is 1. The number of carbonyl (C=O) groups excluding carboxylic acids is 2. The summed E-state index contributed by atoms with van der Waals surface area (Å²) in [5, 5.41) is 2.07. The van der Waals surface area contributed by atoms with E-state index >= 15 is 0 Å². The molecule has 7 heteroatoms. The summed E-state index contributed by atoms with van der Waals surface area (Å²) in [4.78, 5) is 31.4. The fourth-order valence-electron chi connectivity index (χ4n) is 4.11. The van der Waals surface area contributed by atoms with Crippen molar-refractivity contribution in [1.29, 1.82) is 0 Å². The maximum absolute atomic E-state index is 13.6. The lowest BCUT2D eigenvalue weighted by atomic mass is 10.00. The summed E-state index contributed by atoms with van der Waals surface area (Å²) in [6.45, 7) is 6.99. The van der Waals surface area contributed by atoms with Gasteiger partial charge >= 0.3 is 0 Å². The highest BCUT2D eigenvalue weighted by molar-refractivity contribution is 7.10. The van der Waals surface area contributed by atoms with Gasteiger partial charge in [0.05, 0.1) is 12.3 Å². The lowest BCUT2D eigenvalue weighted by molar-refractivity contribution is -0.136. The van der Waals surface area contributed by atoms with Crippen LogP contribution in [-0.4, -0.2) is 47.4 Å². The van der Waals surface area contributed by atoms with E-state index in [1.807, 2.05) is 49.9 Å². The summed E-state index contributed by atoms with van der Waals surface area (Å²) in [6, 6.07) is 13.1. The molecule has 6 nitrogen and oxygen atoms in total. The minimum atomic E-state index is -0.261. The zero-order chi connectivity index (χ0) is 23.4. The normalized spacial score (nSPS) is 16.2. The van der Waals surface area contributed by atoms with Crippen molar-refractivity contribution in [3.63, 3.8) is 0 Å². The number of thiophene rings is 1. The second kappa shape index (κ2) is 10.3. The van der Waals surface area contributed by atoms with Gasteiger partial charge in [0, 0.05) is 17.5 Å². The highest BCUT2D eigenvalue weighted by Crippen LogP contribution is 2.34. The Hall–Kier alpha value is -3.06. The molecule has 0 bridgehead atoms. The molecule has 3 aromatic rings. The minimum Gasteiger partial charge on any atom is -0.491 e. The van der Waals surface area contributed by atoms with Crippen LogP contribution < -0.4 is 4.74 Å². The Balaban J connectivity index is 1.53. The first-order valence-electron chi connectivity index (χ1n) is 11.4. The number of rotatable bonds is 8. The quantitative estimate of drug-likeness (QED) is 0.464. The van der Waals surface area contributed by atoms with Gasteiger partial charge in [0.15, 0.2) is 5.76 Å². The van der Waals surface area contributed by atoms with Gasteiger partial charge < -0.3 is 19.0 Å². The van der Waals surface area contributed by atoms with E-state index in [1.165, 1.54) is 16.7 Å². The van der Waals surface area contributed by atoms with Crippen molar-refractivity contribution in [2.45, 2.75) is 45.7 Å². The maximum atomic E-state index is 13.6. The average molecular weight is 467 g/mol. The van der Waals surface area contributed by atoms with E-state index in [2.05, 4.69) is 11.4 Å². The van der Waals surface area contributed by atoms with E-state index in [-0.39, 0.29) is 36.2 Å². The van der Waals surface area contributed by atoms with Gasteiger partial charge in [-0.15, -0.1) is 11.3 Å². The number of aryl methyl sites for hydroxylation is 1. The zero-order valence-electron chi connectivity index (χ0n) is 19.3. The van der Waals surface area contributed by atoms with Gasteiger partial charge in [0.1, 0.15) is 18.9 Å². The predicted molar refractivity (Wildman–Crippen MR) is 129 cm³/mol. The SMILES string of the molecule is CC[C@H](C)N(CC(=O)N1CCc2sccc2[C@@H]1COc1ccc(C)cc1)C(=O)c1ccco1. The van der Waals surface area contributed by atoms with Crippen molar-refractivity contribution < 1.29 is 18.7 Å². The number of carbonyl (C=O) groups is 2. The lowest BCUT2D eigenvalue weighted by Crippen LogP contribution is -2.49. The van der Waals surface area contributed by atoms with Gasteiger partial charge in [-0.1, -0.05) is 24.6 Å². The van der Waals surface area contributed by atoms with Crippen LogP contribution in [0.25, 0.3) is 0 Å². The van der Waals surface area contributed by atoms with Crippen molar-refractivity contribution in [3.05, 3.63) is 75.9 Å². The number of hydrogen-bond donors (Lipinski definition) is 0. The number of hydrogen-bond acceptors (Lipinski definition) is 5. The molecule has 0 spiro atoms. The predicted octanol–water partition coefficient (Wildman–Crippen LogP) is 5.10. The molecule has 0 N–H and O–H groups in total. The van der Waals surface area contributed by atoms with Gasteiger partial charge in [-0.3, -0.25) is 9.59 Å². The van der Waals surface area contributed by atoms with E-state index < -0.39 is 0 Å². The van der Waals surface area contributed by atoms with Crippen LogP contribution in [0.15, 0.2) is 58.5 Å². The Morgan fingerprint density at radius 1 is 1.24 bits per heavy atom. The summed E-state index contributed by atoms with van der Waals surface area (Å²) in [6.07, 6.45) is 3.04. The van der Waals surface area contributed by atoms with Gasteiger partial charge in [0.25, 0.3) is 5.91 Å². The Labute approximate surface area is 198 Å². The molecule has 0 radical (unpaired) electrons. The van der Waals surface area contributed by atoms with Crippen LogP contribution in [0.4, 0.5) is 0 Å². The van der Waals surface area contributed by atoms with Crippen molar-refractivity contribution in [2.24, 2.45) is 0 Å². The first-order valence-corrected chi connectivity index (χ1v) is 12.3. The first-order chi connectivity index (χ1) is 16.0. The maximum Gasteiger partial charge on any atom is 0.290 e. The van der Waals surface area contributed by atoms with Crippen LogP contribution >= 0.6 is 11.3 Å². The minimum absolute atomic E-state index is 0.00897. The summed E-state index contributed by atoms with van der Waals surface area (Å²) >= 11 is 1.72. The molecule has 0 aliphatic carbocycles. The zero-order valence-corrected chi connectivity index (χ0v) is 20.1. The molecule has 0 unspecified atom stereocenters. The second-order valence-electron chi connectivity index (χ2n) is 8.44. The van der Waals surface area contributed by atoms with Crippen molar-refractivity contribution in [3.8, 4) is 5.75 Å². The number of fused-ring (bicyclic) bond motifs is 1. The molecule has 2 amide bonds. The van der Waals surface area contributed by atoms with Crippen LogP contribution in [-0.2, 0) is 11.2 Å². The van der Waals surface area contributed by atoms with E-state index in [4.69, 9.17) is 9.15 Å². The largest absolute Gasteiger partial charge is 0.491 e. The molecule has 1 aromatic carbocycles. The van der Waals surface area contributed by atoms with Gasteiger partial charge in [-0.25, -0.2) is 0 Å². The van der Waals surface area contributed by atoms with Crippen molar-refractivity contribution in [1.82, 2.24) is 9.80 Å². The summed E-state index contributed by atoms with van der Waals surface area (Å²) < 4.78 is 11.4. The van der Waals surface area contributed by atoms with Crippen LogP contribution in [0.2, 0.25) is 0 Å². The van der Waals surface area contributed by atoms with Gasteiger partial charge in [0.2, 0.25) is 5.91 Å². The van der Waals surface area contributed by atoms with Gasteiger partial charge in [-0.2, -0.15) is 0 Å². The molecule has 2 aromatic heterocycles. The Morgan fingerprint density at radius 3 is 2.73 bits per heavy atom. The molecular formula is C26H30N2O4S. The van der Waals surface area contributed by atoms with E-state index in [9.17, 15) is 9.59 Å². The van der Waals surface area contributed by atoms with Crippen LogP contribution in [0, 0.1) is 6.92 Å². The number of amides is 2. The van der Waals surface area contributed by atoms with Crippen molar-refractivity contribution >= 4 is 23.2 Å². The third kappa shape index (κ3) is 5.14. The standard InChI is InChI=1S/C26H30N2O4S/c1-4-19(3)28(26(30)23-6-5-14-31-23)16-25(29)27-13-11-24-21(12-15-33-24)22(27)17-32-20-9-7-18(2)8-10-20/h5-10,12,14-15,19,22H,4,11,13,16-17H2,1-3H3/t19-,22-/m0/s1. The molecule has 2 atom stereocenters.